The van der Waals surface area contributed by atoms with E-state index in [1.807, 2.05) is 19.9 Å². The highest BCUT2D eigenvalue weighted by atomic mass is 16.5. The lowest BCUT2D eigenvalue weighted by molar-refractivity contribution is -0.0457. The second kappa shape index (κ2) is 4.05. The predicted molar refractivity (Wildman–Crippen MR) is 48.1 cm³/mol. The number of hydrogen-bond acceptors (Lipinski definition) is 4. The molecule has 1 aliphatic rings. The number of aliphatic hydroxyl groups is 1. The van der Waals surface area contributed by atoms with Crippen molar-refractivity contribution in [3.05, 3.63) is 0 Å². The Balaban J connectivity index is 2.62. The summed E-state index contributed by atoms with van der Waals surface area (Å²) in [4.78, 5) is 2.09. The smallest absolute Gasteiger partial charge is 0.158 e. The van der Waals surface area contributed by atoms with Gasteiger partial charge >= 0.3 is 0 Å². The molecule has 0 amide bonds. The number of nitriles is 1. The van der Waals surface area contributed by atoms with Crippen molar-refractivity contribution in [1.82, 2.24) is 4.90 Å². The van der Waals surface area contributed by atoms with Gasteiger partial charge in [0.1, 0.15) is 0 Å². The molecule has 1 saturated heterocycles. The Kier molecular flexibility index (Phi) is 3.26. The third-order valence-corrected chi connectivity index (χ3v) is 2.62. The Morgan fingerprint density at radius 2 is 2.00 bits per heavy atom. The molecule has 1 N–H and O–H groups in total. The summed E-state index contributed by atoms with van der Waals surface area (Å²) in [5.41, 5.74) is -0.474. The summed E-state index contributed by atoms with van der Waals surface area (Å²) in [5, 5.41) is 18.1. The van der Waals surface area contributed by atoms with Crippen LogP contribution in [0.3, 0.4) is 0 Å². The maximum atomic E-state index is 9.49. The van der Waals surface area contributed by atoms with Crippen molar-refractivity contribution in [2.75, 3.05) is 26.3 Å². The minimum Gasteiger partial charge on any atom is -0.379 e. The van der Waals surface area contributed by atoms with Gasteiger partial charge < -0.3 is 9.84 Å². The van der Waals surface area contributed by atoms with Gasteiger partial charge in [0.05, 0.1) is 24.8 Å². The SMILES string of the molecule is CC(C)(C(O)C#N)N1CCOCC1. The average Bonchev–Trinajstić information content (AvgIpc) is 2.18. The van der Waals surface area contributed by atoms with Gasteiger partial charge in [0.15, 0.2) is 6.10 Å². The Hall–Kier alpha value is -0.630. The van der Waals surface area contributed by atoms with E-state index in [4.69, 9.17) is 10.00 Å². The highest BCUT2D eigenvalue weighted by Crippen LogP contribution is 2.19. The van der Waals surface area contributed by atoms with E-state index >= 15 is 0 Å². The predicted octanol–water partition coefficient (Wildman–Crippen LogP) is -0.0183. The third kappa shape index (κ3) is 2.19. The quantitative estimate of drug-likeness (QED) is 0.613. The van der Waals surface area contributed by atoms with Crippen LogP contribution < -0.4 is 0 Å². The summed E-state index contributed by atoms with van der Waals surface area (Å²) in [5.74, 6) is 0. The van der Waals surface area contributed by atoms with Gasteiger partial charge in [-0.2, -0.15) is 5.26 Å². The van der Waals surface area contributed by atoms with Gasteiger partial charge in [0.25, 0.3) is 0 Å². The first-order chi connectivity index (χ1) is 6.09. The van der Waals surface area contributed by atoms with Gasteiger partial charge in [-0.05, 0) is 13.8 Å². The summed E-state index contributed by atoms with van der Waals surface area (Å²) in [7, 11) is 0. The second-order valence-corrected chi connectivity index (χ2v) is 3.78. The standard InChI is InChI=1S/C9H16N2O2/c1-9(2,8(12)7-10)11-3-5-13-6-4-11/h8,12H,3-6H2,1-2H3. The van der Waals surface area contributed by atoms with Crippen LogP contribution in [0.1, 0.15) is 13.8 Å². The molecule has 0 aromatic carbocycles. The summed E-state index contributed by atoms with van der Waals surface area (Å²) in [6.45, 7) is 6.69. The zero-order valence-corrected chi connectivity index (χ0v) is 8.16. The average molecular weight is 184 g/mol. The van der Waals surface area contributed by atoms with E-state index < -0.39 is 11.6 Å². The molecule has 0 bridgehead atoms. The fourth-order valence-electron chi connectivity index (χ4n) is 1.47. The Morgan fingerprint density at radius 3 is 2.46 bits per heavy atom. The fraction of sp³-hybridized carbons (Fsp3) is 0.889. The van der Waals surface area contributed by atoms with Crippen LogP contribution in [0.25, 0.3) is 0 Å². The number of aliphatic hydroxyl groups excluding tert-OH is 1. The Bertz CT molecular complexity index is 204. The van der Waals surface area contributed by atoms with Crippen LogP contribution in [0.4, 0.5) is 0 Å². The molecule has 0 spiro atoms. The number of morpholine rings is 1. The molecule has 0 aromatic heterocycles. The first-order valence-electron chi connectivity index (χ1n) is 4.49. The molecule has 4 heteroatoms. The number of rotatable bonds is 2. The van der Waals surface area contributed by atoms with Crippen LogP contribution in [0, 0.1) is 11.3 Å². The molecule has 0 radical (unpaired) electrons. The van der Waals surface area contributed by atoms with Crippen LogP contribution in [-0.4, -0.2) is 48.0 Å². The van der Waals surface area contributed by atoms with Gasteiger partial charge in [-0.25, -0.2) is 0 Å². The van der Waals surface area contributed by atoms with E-state index in [2.05, 4.69) is 4.90 Å². The van der Waals surface area contributed by atoms with Crippen molar-refractivity contribution < 1.29 is 9.84 Å². The highest BCUT2D eigenvalue weighted by molar-refractivity contribution is 5.01. The number of nitrogens with zero attached hydrogens (tertiary/aromatic N) is 2. The molecule has 1 heterocycles. The first-order valence-corrected chi connectivity index (χ1v) is 4.49. The first kappa shape index (κ1) is 10.5. The van der Waals surface area contributed by atoms with Gasteiger partial charge in [0.2, 0.25) is 0 Å². The molecule has 74 valence electrons. The molecule has 4 nitrogen and oxygen atoms in total. The van der Waals surface area contributed by atoms with Crippen molar-refractivity contribution in [2.24, 2.45) is 0 Å². The molecule has 0 aliphatic carbocycles. The summed E-state index contributed by atoms with van der Waals surface area (Å²) in [6, 6.07) is 1.88. The number of ether oxygens (including phenoxy) is 1. The van der Waals surface area contributed by atoms with Gasteiger partial charge in [0, 0.05) is 13.1 Å². The molecule has 1 fully saturated rings. The maximum Gasteiger partial charge on any atom is 0.158 e. The molecule has 1 rings (SSSR count). The van der Waals surface area contributed by atoms with Crippen LogP contribution >= 0.6 is 0 Å². The van der Waals surface area contributed by atoms with Gasteiger partial charge in [-0.1, -0.05) is 0 Å². The van der Waals surface area contributed by atoms with Crippen LogP contribution in [0.15, 0.2) is 0 Å². The number of hydrogen-bond donors (Lipinski definition) is 1. The highest BCUT2D eigenvalue weighted by Gasteiger charge is 2.35. The Morgan fingerprint density at radius 1 is 1.46 bits per heavy atom. The topological polar surface area (TPSA) is 56.5 Å². The van der Waals surface area contributed by atoms with E-state index in [-0.39, 0.29) is 0 Å². The molecule has 1 aliphatic heterocycles. The monoisotopic (exact) mass is 184 g/mol. The molecule has 1 atom stereocenters. The third-order valence-electron chi connectivity index (χ3n) is 2.62. The van der Waals surface area contributed by atoms with E-state index in [1.54, 1.807) is 0 Å². The molecular weight excluding hydrogens is 168 g/mol. The van der Waals surface area contributed by atoms with Crippen molar-refractivity contribution in [1.29, 1.82) is 5.26 Å². The molecule has 0 aromatic rings. The van der Waals surface area contributed by atoms with Crippen LogP contribution in [0.5, 0.6) is 0 Å². The zero-order chi connectivity index (χ0) is 9.90. The summed E-state index contributed by atoms with van der Waals surface area (Å²) < 4.78 is 5.20. The van der Waals surface area contributed by atoms with E-state index in [1.165, 1.54) is 0 Å². The minimum absolute atomic E-state index is 0.474. The van der Waals surface area contributed by atoms with E-state index in [0.717, 1.165) is 13.1 Å². The minimum atomic E-state index is -0.939. The van der Waals surface area contributed by atoms with Crippen LogP contribution in [-0.2, 0) is 4.74 Å². The normalized spacial score (nSPS) is 22.3. The maximum absolute atomic E-state index is 9.49. The van der Waals surface area contributed by atoms with Gasteiger partial charge in [-0.3, -0.25) is 4.90 Å². The van der Waals surface area contributed by atoms with Crippen molar-refractivity contribution in [3.8, 4) is 6.07 Å². The summed E-state index contributed by atoms with van der Waals surface area (Å²) in [6.07, 6.45) is -0.939. The van der Waals surface area contributed by atoms with Gasteiger partial charge in [-0.15, -0.1) is 0 Å². The zero-order valence-electron chi connectivity index (χ0n) is 8.16. The van der Waals surface area contributed by atoms with E-state index in [9.17, 15) is 5.11 Å². The lowest BCUT2D eigenvalue weighted by atomic mass is 9.95. The lowest BCUT2D eigenvalue weighted by Crippen LogP contribution is -2.55. The lowest BCUT2D eigenvalue weighted by Gasteiger charge is -2.41. The summed E-state index contributed by atoms with van der Waals surface area (Å²) >= 11 is 0. The largest absolute Gasteiger partial charge is 0.379 e. The van der Waals surface area contributed by atoms with Crippen molar-refractivity contribution >= 4 is 0 Å². The molecule has 13 heavy (non-hydrogen) atoms. The molecular formula is C9H16N2O2. The van der Waals surface area contributed by atoms with E-state index in [0.29, 0.717) is 13.2 Å². The Labute approximate surface area is 78.7 Å². The fourth-order valence-corrected chi connectivity index (χ4v) is 1.47. The molecule has 1 unspecified atom stereocenters. The van der Waals surface area contributed by atoms with Crippen molar-refractivity contribution in [2.45, 2.75) is 25.5 Å². The molecule has 0 saturated carbocycles. The second-order valence-electron chi connectivity index (χ2n) is 3.78. The van der Waals surface area contributed by atoms with Crippen molar-refractivity contribution in [3.63, 3.8) is 0 Å². The van der Waals surface area contributed by atoms with Crippen LogP contribution in [0.2, 0.25) is 0 Å².